The molecule has 5 nitrogen and oxygen atoms in total. The van der Waals surface area contributed by atoms with Gasteiger partial charge in [-0.15, -0.1) is 0 Å². The number of sulfone groups is 1. The maximum atomic E-state index is 12.3. The number of amides is 1. The summed E-state index contributed by atoms with van der Waals surface area (Å²) in [4.78, 5) is 12.4. The summed E-state index contributed by atoms with van der Waals surface area (Å²) >= 11 is 6.09. The van der Waals surface area contributed by atoms with Crippen LogP contribution in [0.5, 0.6) is 0 Å². The molecule has 0 spiro atoms. The first-order valence-electron chi connectivity index (χ1n) is 9.38. The molecule has 0 saturated heterocycles. The van der Waals surface area contributed by atoms with Crippen LogP contribution in [-0.2, 0) is 27.5 Å². The van der Waals surface area contributed by atoms with Gasteiger partial charge >= 0.3 is 0 Å². The molecule has 2 N–H and O–H groups in total. The zero-order valence-electron chi connectivity index (χ0n) is 16.1. The second kappa shape index (κ2) is 8.64. The van der Waals surface area contributed by atoms with Crippen molar-refractivity contribution in [3.8, 4) is 0 Å². The summed E-state index contributed by atoms with van der Waals surface area (Å²) in [6.07, 6.45) is 5.86. The lowest BCUT2D eigenvalue weighted by Gasteiger charge is -2.20. The van der Waals surface area contributed by atoms with Crippen LogP contribution in [0.3, 0.4) is 0 Å². The van der Waals surface area contributed by atoms with Crippen molar-refractivity contribution in [2.75, 3.05) is 18.1 Å². The molecule has 0 unspecified atom stereocenters. The summed E-state index contributed by atoms with van der Waals surface area (Å²) in [7, 11) is -3.37. The first kappa shape index (κ1) is 20.8. The van der Waals surface area contributed by atoms with Gasteiger partial charge in [-0.25, -0.2) is 8.42 Å². The molecule has 1 aliphatic rings. The summed E-state index contributed by atoms with van der Waals surface area (Å²) in [5, 5.41) is 6.19. The number of rotatable bonds is 6. The lowest BCUT2D eigenvalue weighted by Crippen LogP contribution is -2.30. The van der Waals surface area contributed by atoms with E-state index in [2.05, 4.69) is 28.8 Å². The standard InChI is InChI=1S/C21H25ClN2O3S/c1-14(16-8-7-15-5-3-4-6-17(15)11-16)23-13-21(25)24-20-12-18(28(2,26)27)9-10-19(20)22/h7-12,14,23H,3-6,13H2,1-2H3,(H,24,25)/t14-/m0/s1. The van der Waals surface area contributed by atoms with E-state index in [0.717, 1.165) is 24.7 Å². The molecule has 1 atom stereocenters. The molecule has 1 aliphatic carbocycles. The van der Waals surface area contributed by atoms with Gasteiger partial charge in [0.2, 0.25) is 5.91 Å². The van der Waals surface area contributed by atoms with Crippen LogP contribution in [0.4, 0.5) is 5.69 Å². The topological polar surface area (TPSA) is 75.3 Å². The Bertz CT molecular complexity index is 989. The molecule has 0 heterocycles. The van der Waals surface area contributed by atoms with E-state index in [-0.39, 0.29) is 29.1 Å². The average Bonchev–Trinajstić information content (AvgIpc) is 2.66. The van der Waals surface area contributed by atoms with E-state index in [1.165, 1.54) is 42.2 Å². The van der Waals surface area contributed by atoms with Gasteiger partial charge in [-0.05, 0) is 67.5 Å². The molecular formula is C21H25ClN2O3S. The molecule has 28 heavy (non-hydrogen) atoms. The van der Waals surface area contributed by atoms with Crippen molar-refractivity contribution in [1.29, 1.82) is 0 Å². The molecule has 3 rings (SSSR count). The van der Waals surface area contributed by atoms with Gasteiger partial charge in [-0.2, -0.15) is 0 Å². The number of hydrogen-bond donors (Lipinski definition) is 2. The highest BCUT2D eigenvalue weighted by atomic mass is 35.5. The normalized spacial score (nSPS) is 15.0. The van der Waals surface area contributed by atoms with Crippen LogP contribution >= 0.6 is 11.6 Å². The summed E-state index contributed by atoms with van der Waals surface area (Å²) in [6, 6.07) is 10.8. The average molecular weight is 421 g/mol. The number of fused-ring (bicyclic) bond motifs is 1. The minimum atomic E-state index is -3.37. The summed E-state index contributed by atoms with van der Waals surface area (Å²) in [5.41, 5.74) is 4.29. The molecule has 150 valence electrons. The second-order valence-electron chi connectivity index (χ2n) is 7.30. The summed E-state index contributed by atoms with van der Waals surface area (Å²) in [5.74, 6) is -0.280. The largest absolute Gasteiger partial charge is 0.324 e. The van der Waals surface area contributed by atoms with Crippen LogP contribution in [0, 0.1) is 0 Å². The highest BCUT2D eigenvalue weighted by Crippen LogP contribution is 2.26. The van der Waals surface area contributed by atoms with Gasteiger partial charge in [0.15, 0.2) is 9.84 Å². The third-order valence-corrected chi connectivity index (χ3v) is 6.52. The Morgan fingerprint density at radius 2 is 1.82 bits per heavy atom. The SMILES string of the molecule is C[C@H](NCC(=O)Nc1cc(S(C)(=O)=O)ccc1Cl)c1ccc2c(c1)CCCC2. The van der Waals surface area contributed by atoms with Crippen LogP contribution in [0.15, 0.2) is 41.3 Å². The van der Waals surface area contributed by atoms with Crippen molar-refractivity contribution < 1.29 is 13.2 Å². The molecule has 2 aromatic carbocycles. The van der Waals surface area contributed by atoms with Gasteiger partial charge in [0.25, 0.3) is 0 Å². The molecule has 7 heteroatoms. The fourth-order valence-corrected chi connectivity index (χ4v) is 4.22. The summed E-state index contributed by atoms with van der Waals surface area (Å²) in [6.45, 7) is 2.12. The molecule has 0 bridgehead atoms. The van der Waals surface area contributed by atoms with E-state index in [0.29, 0.717) is 5.02 Å². The van der Waals surface area contributed by atoms with Crippen molar-refractivity contribution in [3.05, 3.63) is 58.1 Å². The Morgan fingerprint density at radius 3 is 2.54 bits per heavy atom. The predicted molar refractivity (Wildman–Crippen MR) is 113 cm³/mol. The first-order valence-corrected chi connectivity index (χ1v) is 11.7. The van der Waals surface area contributed by atoms with Crippen molar-refractivity contribution in [1.82, 2.24) is 5.32 Å². The first-order chi connectivity index (χ1) is 13.2. The number of carbonyl (C=O) groups excluding carboxylic acids is 1. The molecule has 0 saturated carbocycles. The van der Waals surface area contributed by atoms with E-state index in [9.17, 15) is 13.2 Å². The monoisotopic (exact) mass is 420 g/mol. The van der Waals surface area contributed by atoms with Crippen molar-refractivity contribution in [2.24, 2.45) is 0 Å². The lowest BCUT2D eigenvalue weighted by atomic mass is 9.89. The minimum Gasteiger partial charge on any atom is -0.324 e. The molecule has 0 aromatic heterocycles. The third-order valence-electron chi connectivity index (χ3n) is 5.08. The van der Waals surface area contributed by atoms with Gasteiger partial charge < -0.3 is 10.6 Å². The van der Waals surface area contributed by atoms with Crippen LogP contribution in [0.25, 0.3) is 0 Å². The van der Waals surface area contributed by atoms with E-state index in [1.54, 1.807) is 0 Å². The van der Waals surface area contributed by atoms with E-state index in [1.807, 2.05) is 6.92 Å². The Balaban J connectivity index is 1.61. The van der Waals surface area contributed by atoms with Crippen LogP contribution in [-0.4, -0.2) is 27.1 Å². The molecular weight excluding hydrogens is 396 g/mol. The molecule has 0 fully saturated rings. The number of nitrogens with one attached hydrogen (secondary N) is 2. The number of hydrogen-bond acceptors (Lipinski definition) is 4. The number of aryl methyl sites for hydroxylation is 2. The van der Waals surface area contributed by atoms with Gasteiger partial charge in [-0.1, -0.05) is 29.8 Å². The fraction of sp³-hybridized carbons (Fsp3) is 0.381. The van der Waals surface area contributed by atoms with E-state index >= 15 is 0 Å². The van der Waals surface area contributed by atoms with Crippen LogP contribution < -0.4 is 10.6 Å². The van der Waals surface area contributed by atoms with Crippen molar-refractivity contribution in [3.63, 3.8) is 0 Å². The number of anilines is 1. The molecule has 1 amide bonds. The smallest absolute Gasteiger partial charge is 0.238 e. The Hall–Kier alpha value is -1.89. The third kappa shape index (κ3) is 5.13. The Kier molecular flexibility index (Phi) is 6.43. The maximum Gasteiger partial charge on any atom is 0.238 e. The highest BCUT2D eigenvalue weighted by molar-refractivity contribution is 7.90. The quantitative estimate of drug-likeness (QED) is 0.742. The number of benzene rings is 2. The van der Waals surface area contributed by atoms with Crippen LogP contribution in [0.2, 0.25) is 5.02 Å². The number of carbonyl (C=O) groups is 1. The zero-order chi connectivity index (χ0) is 20.3. The Morgan fingerprint density at radius 1 is 1.11 bits per heavy atom. The highest BCUT2D eigenvalue weighted by Gasteiger charge is 2.15. The lowest BCUT2D eigenvalue weighted by molar-refractivity contribution is -0.115. The molecule has 0 aliphatic heterocycles. The van der Waals surface area contributed by atoms with Gasteiger partial charge in [0.05, 0.1) is 22.2 Å². The Labute approximate surface area is 171 Å². The predicted octanol–water partition coefficient (Wildman–Crippen LogP) is 3.91. The van der Waals surface area contributed by atoms with Crippen molar-refractivity contribution >= 4 is 33.0 Å². The van der Waals surface area contributed by atoms with Gasteiger partial charge in [0, 0.05) is 12.3 Å². The maximum absolute atomic E-state index is 12.3. The van der Waals surface area contributed by atoms with Gasteiger partial charge in [-0.3, -0.25) is 4.79 Å². The zero-order valence-corrected chi connectivity index (χ0v) is 17.7. The second-order valence-corrected chi connectivity index (χ2v) is 9.72. The minimum absolute atomic E-state index is 0.0239. The fourth-order valence-electron chi connectivity index (χ4n) is 3.41. The van der Waals surface area contributed by atoms with Gasteiger partial charge in [0.1, 0.15) is 0 Å². The van der Waals surface area contributed by atoms with Crippen molar-refractivity contribution in [2.45, 2.75) is 43.5 Å². The molecule has 2 aromatic rings. The molecule has 0 radical (unpaired) electrons. The van der Waals surface area contributed by atoms with E-state index < -0.39 is 9.84 Å². The summed E-state index contributed by atoms with van der Waals surface area (Å²) < 4.78 is 23.4. The van der Waals surface area contributed by atoms with Crippen LogP contribution in [0.1, 0.15) is 42.5 Å². The number of halogens is 1. The van der Waals surface area contributed by atoms with E-state index in [4.69, 9.17) is 11.6 Å².